The maximum atomic E-state index is 11.5. The van der Waals surface area contributed by atoms with Gasteiger partial charge in [-0.1, -0.05) is 18.2 Å². The second kappa shape index (κ2) is 4.41. The Labute approximate surface area is 88.0 Å². The number of hydrogen-bond acceptors (Lipinski definition) is 5. The Morgan fingerprint density at radius 2 is 2.00 bits per heavy atom. The minimum Gasteiger partial charge on any atom is -0.341 e. The molecule has 1 rings (SSSR count). The van der Waals surface area contributed by atoms with Crippen LogP contribution in [0.5, 0.6) is 0 Å². The van der Waals surface area contributed by atoms with Crippen molar-refractivity contribution in [3.8, 4) is 0 Å². The molecule has 0 aromatic heterocycles. The lowest BCUT2D eigenvalue weighted by molar-refractivity contribution is -0.132. The molecule has 0 spiro atoms. The van der Waals surface area contributed by atoms with Gasteiger partial charge in [-0.15, -0.1) is 0 Å². The summed E-state index contributed by atoms with van der Waals surface area (Å²) in [4.78, 5) is 10.8. The number of carbonyl (C=O) groups is 1. The van der Waals surface area contributed by atoms with Gasteiger partial charge in [0.2, 0.25) is 0 Å². The fourth-order valence-electron chi connectivity index (χ4n) is 1.04. The van der Waals surface area contributed by atoms with Gasteiger partial charge in [0.25, 0.3) is 0 Å². The van der Waals surface area contributed by atoms with E-state index in [0.29, 0.717) is 5.56 Å². The lowest BCUT2D eigenvalue weighted by Gasteiger charge is -2.06. The molecule has 0 aliphatic rings. The molecule has 0 aliphatic carbocycles. The maximum absolute atomic E-state index is 11.5. The Hall–Kier alpha value is -1.40. The van der Waals surface area contributed by atoms with Crippen LogP contribution in [0.1, 0.15) is 5.56 Å². The van der Waals surface area contributed by atoms with Gasteiger partial charge < -0.3 is 9.92 Å². The van der Waals surface area contributed by atoms with Crippen LogP contribution in [0.15, 0.2) is 29.2 Å². The molecule has 0 saturated heterocycles. The van der Waals surface area contributed by atoms with Crippen LogP contribution in [-0.2, 0) is 19.1 Å². The molecule has 2 N–H and O–H groups in total. The van der Waals surface area contributed by atoms with Crippen molar-refractivity contribution in [2.45, 2.75) is 11.8 Å². The van der Waals surface area contributed by atoms with Crippen LogP contribution in [-0.4, -0.2) is 20.9 Å². The van der Waals surface area contributed by atoms with Crippen molar-refractivity contribution in [1.29, 1.82) is 0 Å². The fourth-order valence-corrected chi connectivity index (χ4v) is 2.15. The molecule has 0 fully saturated rings. The standard InChI is InChI=1S/C9H11NO4S/c1-7-4-2-3-5-8(7)15(12,13)14-9(11)6-10/h2-5H,6,10H2,1H3. The van der Waals surface area contributed by atoms with Crippen molar-refractivity contribution >= 4 is 16.1 Å². The van der Waals surface area contributed by atoms with Crippen LogP contribution >= 0.6 is 0 Å². The third-order valence-electron chi connectivity index (χ3n) is 1.73. The summed E-state index contributed by atoms with van der Waals surface area (Å²) in [6.45, 7) is 1.15. The molecule has 0 saturated carbocycles. The van der Waals surface area contributed by atoms with Crippen LogP contribution in [0.4, 0.5) is 0 Å². The third kappa shape index (κ3) is 2.77. The van der Waals surface area contributed by atoms with Gasteiger partial charge in [0.05, 0.1) is 6.54 Å². The van der Waals surface area contributed by atoms with E-state index >= 15 is 0 Å². The predicted molar refractivity (Wildman–Crippen MR) is 53.5 cm³/mol. The third-order valence-corrected chi connectivity index (χ3v) is 3.13. The summed E-state index contributed by atoms with van der Waals surface area (Å²) in [6, 6.07) is 6.23. The first-order valence-corrected chi connectivity index (χ1v) is 5.61. The number of carbonyl (C=O) groups excluding carboxylic acids is 1. The zero-order valence-corrected chi connectivity index (χ0v) is 8.95. The minimum atomic E-state index is -4.03. The summed E-state index contributed by atoms with van der Waals surface area (Å²) >= 11 is 0. The van der Waals surface area contributed by atoms with Gasteiger partial charge in [0.15, 0.2) is 0 Å². The van der Waals surface area contributed by atoms with E-state index in [2.05, 4.69) is 4.18 Å². The van der Waals surface area contributed by atoms with Gasteiger partial charge in [-0.25, -0.2) is 4.79 Å². The number of hydrogen-bond donors (Lipinski definition) is 1. The predicted octanol–water partition coefficient (Wildman–Crippen LogP) is 0.186. The Balaban J connectivity index is 3.07. The Kier molecular flexibility index (Phi) is 3.43. The summed E-state index contributed by atoms with van der Waals surface area (Å²) in [7, 11) is -4.03. The number of benzene rings is 1. The SMILES string of the molecule is Cc1ccccc1S(=O)(=O)OC(=O)CN. The minimum absolute atomic E-state index is 0.0215. The first-order chi connectivity index (χ1) is 6.97. The van der Waals surface area contributed by atoms with Crippen molar-refractivity contribution < 1.29 is 17.4 Å². The van der Waals surface area contributed by atoms with Crippen LogP contribution in [0.25, 0.3) is 0 Å². The van der Waals surface area contributed by atoms with Crippen LogP contribution in [0, 0.1) is 6.92 Å². The van der Waals surface area contributed by atoms with Gasteiger partial charge >= 0.3 is 16.1 Å². The molecule has 5 nitrogen and oxygen atoms in total. The van der Waals surface area contributed by atoms with E-state index in [4.69, 9.17) is 5.73 Å². The smallest absolute Gasteiger partial charge is 0.341 e. The first-order valence-electron chi connectivity index (χ1n) is 4.20. The molecule has 15 heavy (non-hydrogen) atoms. The molecule has 0 radical (unpaired) electrons. The van der Waals surface area contributed by atoms with E-state index in [0.717, 1.165) is 0 Å². The topological polar surface area (TPSA) is 86.5 Å². The summed E-state index contributed by atoms with van der Waals surface area (Å²) in [5.41, 5.74) is 5.47. The van der Waals surface area contributed by atoms with Crippen LogP contribution < -0.4 is 5.73 Å². The Morgan fingerprint density at radius 1 is 1.40 bits per heavy atom. The normalized spacial score (nSPS) is 11.1. The molecule has 0 unspecified atom stereocenters. The summed E-state index contributed by atoms with van der Waals surface area (Å²) < 4.78 is 27.3. The zero-order valence-electron chi connectivity index (χ0n) is 8.14. The van der Waals surface area contributed by atoms with E-state index in [1.54, 1.807) is 25.1 Å². The molecule has 0 heterocycles. The first kappa shape index (κ1) is 11.7. The zero-order chi connectivity index (χ0) is 11.5. The van der Waals surface area contributed by atoms with Crippen molar-refractivity contribution in [1.82, 2.24) is 0 Å². The van der Waals surface area contributed by atoms with Crippen molar-refractivity contribution in [2.75, 3.05) is 6.54 Å². The fraction of sp³-hybridized carbons (Fsp3) is 0.222. The van der Waals surface area contributed by atoms with Crippen molar-refractivity contribution in [3.05, 3.63) is 29.8 Å². The van der Waals surface area contributed by atoms with Gasteiger partial charge in [-0.05, 0) is 18.6 Å². The van der Waals surface area contributed by atoms with Gasteiger partial charge in [-0.2, -0.15) is 8.42 Å². The maximum Gasteiger partial charge on any atom is 0.342 e. The molecule has 0 bridgehead atoms. The molecular formula is C9H11NO4S. The van der Waals surface area contributed by atoms with Crippen molar-refractivity contribution in [2.24, 2.45) is 5.73 Å². The highest BCUT2D eigenvalue weighted by molar-refractivity contribution is 7.87. The largest absolute Gasteiger partial charge is 0.342 e. The van der Waals surface area contributed by atoms with Gasteiger partial charge in [0, 0.05) is 0 Å². The van der Waals surface area contributed by atoms with E-state index < -0.39 is 22.6 Å². The van der Waals surface area contributed by atoms with Crippen LogP contribution in [0.3, 0.4) is 0 Å². The summed E-state index contributed by atoms with van der Waals surface area (Å²) in [6.07, 6.45) is 0. The molecule has 1 aromatic carbocycles. The lowest BCUT2D eigenvalue weighted by atomic mass is 10.2. The highest BCUT2D eigenvalue weighted by Gasteiger charge is 2.20. The van der Waals surface area contributed by atoms with Gasteiger partial charge in [0.1, 0.15) is 4.90 Å². The molecule has 0 aliphatic heterocycles. The van der Waals surface area contributed by atoms with E-state index in [9.17, 15) is 13.2 Å². The Morgan fingerprint density at radius 3 is 2.53 bits per heavy atom. The second-order valence-electron chi connectivity index (χ2n) is 2.88. The second-order valence-corrected chi connectivity index (χ2v) is 4.39. The molecule has 82 valence electrons. The summed E-state index contributed by atoms with van der Waals surface area (Å²) in [5.74, 6) is -0.974. The number of rotatable bonds is 3. The Bertz CT molecular complexity index is 467. The average molecular weight is 229 g/mol. The summed E-state index contributed by atoms with van der Waals surface area (Å²) in [5, 5.41) is 0. The van der Waals surface area contributed by atoms with Crippen LogP contribution in [0.2, 0.25) is 0 Å². The van der Waals surface area contributed by atoms with Gasteiger partial charge in [-0.3, -0.25) is 0 Å². The number of aryl methyl sites for hydroxylation is 1. The quantitative estimate of drug-likeness (QED) is 0.747. The molecule has 0 atom stereocenters. The highest BCUT2D eigenvalue weighted by Crippen LogP contribution is 2.16. The monoisotopic (exact) mass is 229 g/mol. The molecule has 0 amide bonds. The highest BCUT2D eigenvalue weighted by atomic mass is 32.2. The van der Waals surface area contributed by atoms with E-state index in [1.807, 2.05) is 0 Å². The van der Waals surface area contributed by atoms with E-state index in [-0.39, 0.29) is 4.90 Å². The lowest BCUT2D eigenvalue weighted by Crippen LogP contribution is -2.21. The van der Waals surface area contributed by atoms with E-state index in [1.165, 1.54) is 6.07 Å². The molecular weight excluding hydrogens is 218 g/mol. The molecule has 6 heteroatoms. The average Bonchev–Trinajstić information content (AvgIpc) is 2.17. The number of nitrogens with two attached hydrogens (primary N) is 1. The molecule has 1 aromatic rings. The van der Waals surface area contributed by atoms with Crippen molar-refractivity contribution in [3.63, 3.8) is 0 Å².